The fourth-order valence-electron chi connectivity index (χ4n) is 1.83. The van der Waals surface area contributed by atoms with Gasteiger partial charge in [-0.2, -0.15) is 0 Å². The molecule has 2 rings (SSSR count). The van der Waals surface area contributed by atoms with Gasteiger partial charge < -0.3 is 10.1 Å². The van der Waals surface area contributed by atoms with E-state index in [1.165, 1.54) is 25.1 Å². The van der Waals surface area contributed by atoms with E-state index in [2.05, 4.69) is 5.32 Å². The largest absolute Gasteiger partial charge is 0.449 e. The molecule has 0 saturated carbocycles. The van der Waals surface area contributed by atoms with Crippen molar-refractivity contribution < 1.29 is 23.1 Å². The van der Waals surface area contributed by atoms with Gasteiger partial charge in [0.25, 0.3) is 5.91 Å². The molecule has 0 heterocycles. The summed E-state index contributed by atoms with van der Waals surface area (Å²) in [6.45, 7) is 2.92. The first-order valence-electron chi connectivity index (χ1n) is 7.01. The molecule has 0 unspecified atom stereocenters. The quantitative estimate of drug-likeness (QED) is 0.841. The van der Waals surface area contributed by atoms with Crippen LogP contribution in [0.5, 0.6) is 0 Å². The first-order valence-corrected chi connectivity index (χ1v) is 7.39. The molecular formula is C17H14ClF2NO3. The van der Waals surface area contributed by atoms with Gasteiger partial charge in [0.2, 0.25) is 0 Å². The van der Waals surface area contributed by atoms with Crippen LogP contribution in [0, 0.1) is 18.6 Å². The zero-order valence-corrected chi connectivity index (χ0v) is 13.7. The number of rotatable bonds is 4. The fourth-order valence-corrected chi connectivity index (χ4v) is 2.04. The molecule has 2 aromatic carbocycles. The van der Waals surface area contributed by atoms with Crippen LogP contribution in [0.15, 0.2) is 36.4 Å². The second-order valence-electron chi connectivity index (χ2n) is 5.12. The van der Waals surface area contributed by atoms with Crippen molar-refractivity contribution in [1.29, 1.82) is 0 Å². The molecule has 1 N–H and O–H groups in total. The van der Waals surface area contributed by atoms with Crippen molar-refractivity contribution in [2.24, 2.45) is 0 Å². The van der Waals surface area contributed by atoms with Crippen LogP contribution < -0.4 is 5.32 Å². The van der Waals surface area contributed by atoms with Gasteiger partial charge in [0, 0.05) is 0 Å². The van der Waals surface area contributed by atoms with E-state index in [1.807, 2.05) is 0 Å². The van der Waals surface area contributed by atoms with E-state index in [9.17, 15) is 18.4 Å². The maximum atomic E-state index is 13.5. The number of esters is 1. The second kappa shape index (κ2) is 7.40. The minimum absolute atomic E-state index is 0.00226. The molecule has 0 aliphatic carbocycles. The van der Waals surface area contributed by atoms with Crippen LogP contribution in [0.25, 0.3) is 0 Å². The molecule has 0 aromatic heterocycles. The minimum atomic E-state index is -1.15. The highest BCUT2D eigenvalue weighted by atomic mass is 35.5. The molecule has 1 amide bonds. The number of anilines is 1. The lowest BCUT2D eigenvalue weighted by Crippen LogP contribution is -2.30. The van der Waals surface area contributed by atoms with Crippen molar-refractivity contribution in [2.75, 3.05) is 5.32 Å². The zero-order valence-electron chi connectivity index (χ0n) is 12.9. The summed E-state index contributed by atoms with van der Waals surface area (Å²) in [5.74, 6) is -2.57. The molecule has 4 nitrogen and oxygen atoms in total. The Balaban J connectivity index is 2.02. The van der Waals surface area contributed by atoms with E-state index in [0.29, 0.717) is 5.56 Å². The third kappa shape index (κ3) is 4.29. The van der Waals surface area contributed by atoms with Crippen molar-refractivity contribution in [3.63, 3.8) is 0 Å². The Kier molecular flexibility index (Phi) is 5.51. The highest BCUT2D eigenvalue weighted by Gasteiger charge is 2.20. The number of aryl methyl sites for hydroxylation is 1. The summed E-state index contributed by atoms with van der Waals surface area (Å²) in [5.41, 5.74) is 0.577. The van der Waals surface area contributed by atoms with Gasteiger partial charge in [0.1, 0.15) is 11.6 Å². The number of hydrogen-bond acceptors (Lipinski definition) is 3. The molecule has 0 aliphatic rings. The monoisotopic (exact) mass is 353 g/mol. The number of carbonyl (C=O) groups excluding carboxylic acids is 2. The molecule has 0 fully saturated rings. The smallest absolute Gasteiger partial charge is 0.339 e. The van der Waals surface area contributed by atoms with Crippen LogP contribution in [0.1, 0.15) is 22.8 Å². The van der Waals surface area contributed by atoms with Crippen molar-refractivity contribution in [2.45, 2.75) is 20.0 Å². The SMILES string of the molecule is Cc1ccc(C(=O)O[C@H](C)C(=O)Nc2ccc(F)cc2Cl)cc1F. The Morgan fingerprint density at radius 2 is 1.88 bits per heavy atom. The van der Waals surface area contributed by atoms with Gasteiger partial charge >= 0.3 is 5.97 Å². The maximum Gasteiger partial charge on any atom is 0.339 e. The number of nitrogens with one attached hydrogen (secondary N) is 1. The number of ether oxygens (including phenoxy) is 1. The molecular weight excluding hydrogens is 340 g/mol. The molecule has 7 heteroatoms. The van der Waals surface area contributed by atoms with Gasteiger partial charge in [-0.15, -0.1) is 0 Å². The van der Waals surface area contributed by atoms with Crippen molar-refractivity contribution >= 4 is 29.2 Å². The van der Waals surface area contributed by atoms with Crippen LogP contribution in [-0.4, -0.2) is 18.0 Å². The first kappa shape index (κ1) is 17.9. The van der Waals surface area contributed by atoms with E-state index in [4.69, 9.17) is 16.3 Å². The lowest BCUT2D eigenvalue weighted by Gasteiger charge is -2.14. The van der Waals surface area contributed by atoms with Crippen molar-refractivity contribution in [3.8, 4) is 0 Å². The second-order valence-corrected chi connectivity index (χ2v) is 5.53. The predicted octanol–water partition coefficient (Wildman–Crippen LogP) is 4.11. The van der Waals surface area contributed by atoms with Crippen LogP contribution in [0.4, 0.5) is 14.5 Å². The molecule has 0 saturated heterocycles. The molecule has 0 aliphatic heterocycles. The number of amides is 1. The summed E-state index contributed by atoms with van der Waals surface area (Å²) >= 11 is 5.81. The number of hydrogen-bond donors (Lipinski definition) is 1. The van der Waals surface area contributed by atoms with E-state index < -0.39 is 29.6 Å². The number of benzene rings is 2. The molecule has 24 heavy (non-hydrogen) atoms. The topological polar surface area (TPSA) is 55.4 Å². The average molecular weight is 354 g/mol. The minimum Gasteiger partial charge on any atom is -0.449 e. The Bertz CT molecular complexity index is 795. The summed E-state index contributed by atoms with van der Waals surface area (Å²) in [7, 11) is 0. The summed E-state index contributed by atoms with van der Waals surface area (Å²) < 4.78 is 31.4. The van der Waals surface area contributed by atoms with Gasteiger partial charge in [-0.05, 0) is 49.7 Å². The Morgan fingerprint density at radius 1 is 1.17 bits per heavy atom. The van der Waals surface area contributed by atoms with Crippen LogP contribution in [0.3, 0.4) is 0 Å². The molecule has 0 bridgehead atoms. The third-order valence-electron chi connectivity index (χ3n) is 3.25. The van der Waals surface area contributed by atoms with Gasteiger partial charge in [-0.3, -0.25) is 4.79 Å². The van der Waals surface area contributed by atoms with Crippen LogP contribution >= 0.6 is 11.6 Å². The average Bonchev–Trinajstić information content (AvgIpc) is 2.52. The molecule has 1 atom stereocenters. The highest BCUT2D eigenvalue weighted by molar-refractivity contribution is 6.33. The van der Waals surface area contributed by atoms with E-state index >= 15 is 0 Å². The van der Waals surface area contributed by atoms with E-state index in [0.717, 1.165) is 18.2 Å². The summed E-state index contributed by atoms with van der Waals surface area (Å²) in [6, 6.07) is 7.35. The Labute approximate surface area is 142 Å². The summed E-state index contributed by atoms with van der Waals surface area (Å²) in [4.78, 5) is 24.0. The van der Waals surface area contributed by atoms with Crippen LogP contribution in [-0.2, 0) is 9.53 Å². The predicted molar refractivity (Wildman–Crippen MR) is 86.1 cm³/mol. The van der Waals surface area contributed by atoms with Gasteiger partial charge in [-0.25, -0.2) is 13.6 Å². The Hall–Kier alpha value is -2.47. The molecule has 0 radical (unpaired) electrons. The van der Waals surface area contributed by atoms with Crippen LogP contribution in [0.2, 0.25) is 5.02 Å². The molecule has 0 spiro atoms. The van der Waals surface area contributed by atoms with Crippen molar-refractivity contribution in [3.05, 3.63) is 64.2 Å². The lowest BCUT2D eigenvalue weighted by molar-refractivity contribution is -0.123. The van der Waals surface area contributed by atoms with Gasteiger partial charge in [0.05, 0.1) is 16.3 Å². The maximum absolute atomic E-state index is 13.5. The molecule has 126 valence electrons. The van der Waals surface area contributed by atoms with Crippen molar-refractivity contribution in [1.82, 2.24) is 0 Å². The van der Waals surface area contributed by atoms with E-state index in [-0.39, 0.29) is 16.3 Å². The van der Waals surface area contributed by atoms with Gasteiger partial charge in [0.15, 0.2) is 6.10 Å². The Morgan fingerprint density at radius 3 is 2.50 bits per heavy atom. The third-order valence-corrected chi connectivity index (χ3v) is 3.56. The standard InChI is InChI=1S/C17H14ClF2NO3/c1-9-3-4-11(7-14(9)20)17(23)24-10(2)16(22)21-15-6-5-12(19)8-13(15)18/h3-8,10H,1-2H3,(H,21,22)/t10-/m1/s1. The summed E-state index contributed by atoms with van der Waals surface area (Å²) in [6.07, 6.45) is -1.15. The zero-order chi connectivity index (χ0) is 17.9. The normalized spacial score (nSPS) is 11.7. The number of halogens is 3. The van der Waals surface area contributed by atoms with Gasteiger partial charge in [-0.1, -0.05) is 17.7 Å². The van der Waals surface area contributed by atoms with E-state index in [1.54, 1.807) is 6.92 Å². The lowest BCUT2D eigenvalue weighted by atomic mass is 10.1. The summed E-state index contributed by atoms with van der Waals surface area (Å²) in [5, 5.41) is 2.44. The highest BCUT2D eigenvalue weighted by Crippen LogP contribution is 2.22. The number of carbonyl (C=O) groups is 2. The fraction of sp³-hybridized carbons (Fsp3) is 0.176. The first-order chi connectivity index (χ1) is 11.3. The molecule has 2 aromatic rings.